The molecule has 0 radical (unpaired) electrons. The summed E-state index contributed by atoms with van der Waals surface area (Å²) in [5.74, 6) is -0.153. The Hall–Kier alpha value is -3.08. The molecular weight excluding hydrogens is 390 g/mol. The Bertz CT molecular complexity index is 950. The number of esters is 1. The molecule has 31 heavy (non-hydrogen) atoms. The quantitative estimate of drug-likeness (QED) is 0.336. The molecular formula is C26H33NO4. The molecule has 0 bridgehead atoms. The monoisotopic (exact) mass is 423 g/mol. The first kappa shape index (κ1) is 24.2. The van der Waals surface area contributed by atoms with E-state index < -0.39 is 5.97 Å². The van der Waals surface area contributed by atoms with Crippen LogP contribution in [-0.2, 0) is 14.9 Å². The van der Waals surface area contributed by atoms with Crippen LogP contribution < -0.4 is 10.1 Å². The van der Waals surface area contributed by atoms with E-state index in [9.17, 15) is 9.59 Å². The lowest BCUT2D eigenvalue weighted by Gasteiger charge is -2.33. The van der Waals surface area contributed by atoms with E-state index in [-0.39, 0.29) is 16.7 Å². The van der Waals surface area contributed by atoms with Gasteiger partial charge in [0.1, 0.15) is 5.75 Å². The highest BCUT2D eigenvalue weighted by Crippen LogP contribution is 2.36. The zero-order chi connectivity index (χ0) is 23.2. The van der Waals surface area contributed by atoms with Crippen LogP contribution in [0.25, 0.3) is 0 Å². The molecule has 0 aliphatic heterocycles. The summed E-state index contributed by atoms with van der Waals surface area (Å²) in [5, 5.41) is 2.75. The molecule has 0 spiro atoms. The van der Waals surface area contributed by atoms with Gasteiger partial charge < -0.3 is 14.8 Å². The summed E-state index contributed by atoms with van der Waals surface area (Å²) in [4.78, 5) is 23.9. The number of amides is 1. The molecule has 0 aromatic heterocycles. The van der Waals surface area contributed by atoms with E-state index in [0.717, 1.165) is 12.0 Å². The van der Waals surface area contributed by atoms with Crippen molar-refractivity contribution >= 4 is 17.6 Å². The maximum absolute atomic E-state index is 12.2. The second-order valence-electron chi connectivity index (χ2n) is 9.58. The highest BCUT2D eigenvalue weighted by atomic mass is 16.5. The first-order valence-corrected chi connectivity index (χ1v) is 10.3. The highest BCUT2D eigenvalue weighted by Gasteiger charge is 2.27. The fourth-order valence-electron chi connectivity index (χ4n) is 3.76. The van der Waals surface area contributed by atoms with Crippen LogP contribution >= 0.6 is 0 Å². The van der Waals surface area contributed by atoms with Crippen molar-refractivity contribution in [3.8, 4) is 5.75 Å². The second-order valence-corrected chi connectivity index (χ2v) is 9.58. The third kappa shape index (κ3) is 7.28. The Balaban J connectivity index is 1.98. The predicted molar refractivity (Wildman–Crippen MR) is 124 cm³/mol. The average Bonchev–Trinajstić information content (AvgIpc) is 2.67. The summed E-state index contributed by atoms with van der Waals surface area (Å²) in [6.45, 7) is 13.1. The van der Waals surface area contributed by atoms with Crippen LogP contribution in [-0.4, -0.2) is 19.0 Å². The van der Waals surface area contributed by atoms with Gasteiger partial charge in [0.25, 0.3) is 5.91 Å². The molecule has 1 N–H and O–H groups in total. The maximum atomic E-state index is 12.2. The molecule has 2 aromatic rings. The Labute approximate surface area is 185 Å². The largest absolute Gasteiger partial charge is 0.465 e. The first-order chi connectivity index (χ1) is 14.4. The van der Waals surface area contributed by atoms with Gasteiger partial charge in [-0.25, -0.2) is 4.79 Å². The number of benzene rings is 2. The van der Waals surface area contributed by atoms with Crippen molar-refractivity contribution in [3.05, 3.63) is 71.5 Å². The van der Waals surface area contributed by atoms with Crippen LogP contribution in [0, 0.1) is 12.3 Å². The minimum absolute atomic E-state index is 0.0586. The number of carbonyl (C=O) groups is 2. The molecule has 166 valence electrons. The second kappa shape index (κ2) is 9.82. The predicted octanol–water partition coefficient (Wildman–Crippen LogP) is 6.03. The van der Waals surface area contributed by atoms with Crippen molar-refractivity contribution in [3.63, 3.8) is 0 Å². The lowest BCUT2D eigenvalue weighted by Crippen LogP contribution is -2.24. The van der Waals surface area contributed by atoms with Crippen molar-refractivity contribution in [2.45, 2.75) is 53.4 Å². The molecule has 0 fully saturated rings. The van der Waals surface area contributed by atoms with Crippen molar-refractivity contribution in [2.24, 2.45) is 5.41 Å². The van der Waals surface area contributed by atoms with Gasteiger partial charge in [-0.2, -0.15) is 0 Å². The van der Waals surface area contributed by atoms with Gasteiger partial charge in [0, 0.05) is 11.8 Å². The molecule has 2 rings (SSSR count). The highest BCUT2D eigenvalue weighted by molar-refractivity contribution is 6.00. The van der Waals surface area contributed by atoms with E-state index in [0.29, 0.717) is 17.0 Å². The smallest absolute Gasteiger partial charge is 0.337 e. The van der Waals surface area contributed by atoms with Crippen molar-refractivity contribution in [1.82, 2.24) is 0 Å². The van der Waals surface area contributed by atoms with Crippen molar-refractivity contribution in [2.75, 3.05) is 12.4 Å². The summed E-state index contributed by atoms with van der Waals surface area (Å²) in [6.07, 6.45) is 3.72. The van der Waals surface area contributed by atoms with E-state index in [1.807, 2.05) is 19.1 Å². The van der Waals surface area contributed by atoms with E-state index >= 15 is 0 Å². The van der Waals surface area contributed by atoms with E-state index in [1.54, 1.807) is 18.2 Å². The lowest BCUT2D eigenvalue weighted by atomic mass is 9.72. The maximum Gasteiger partial charge on any atom is 0.337 e. The van der Waals surface area contributed by atoms with Crippen molar-refractivity contribution < 1.29 is 19.1 Å². The molecule has 0 aliphatic rings. The lowest BCUT2D eigenvalue weighted by molar-refractivity contribution is -0.112. The molecule has 1 amide bonds. The van der Waals surface area contributed by atoms with Gasteiger partial charge in [0.2, 0.25) is 0 Å². The zero-order valence-corrected chi connectivity index (χ0v) is 19.5. The molecule has 0 unspecified atom stereocenters. The van der Waals surface area contributed by atoms with E-state index in [1.165, 1.54) is 25.0 Å². The Kier molecular flexibility index (Phi) is 7.66. The van der Waals surface area contributed by atoms with Gasteiger partial charge in [-0.05, 0) is 59.6 Å². The van der Waals surface area contributed by atoms with E-state index in [2.05, 4.69) is 52.1 Å². The molecule has 0 saturated heterocycles. The number of hydrogen-bond acceptors (Lipinski definition) is 4. The summed E-state index contributed by atoms with van der Waals surface area (Å²) in [6, 6.07) is 12.9. The van der Waals surface area contributed by atoms with Gasteiger partial charge in [-0.3, -0.25) is 4.79 Å². The van der Waals surface area contributed by atoms with Gasteiger partial charge in [0.05, 0.1) is 18.9 Å². The topological polar surface area (TPSA) is 64.6 Å². The molecule has 0 heterocycles. The first-order valence-electron chi connectivity index (χ1n) is 10.3. The van der Waals surface area contributed by atoms with E-state index in [4.69, 9.17) is 9.47 Å². The summed E-state index contributed by atoms with van der Waals surface area (Å²) < 4.78 is 10.3. The molecule has 0 atom stereocenters. The van der Waals surface area contributed by atoms with Crippen LogP contribution in [0.1, 0.15) is 62.5 Å². The average molecular weight is 424 g/mol. The molecule has 2 aromatic carbocycles. The minimum atomic E-state index is -0.455. The number of carbonyl (C=O) groups excluding carboxylic acids is 2. The van der Waals surface area contributed by atoms with Gasteiger partial charge in [-0.1, -0.05) is 52.8 Å². The number of rotatable bonds is 7. The third-order valence-electron chi connectivity index (χ3n) is 4.95. The Morgan fingerprint density at radius 3 is 2.23 bits per heavy atom. The molecule has 5 nitrogen and oxygen atoms in total. The normalized spacial score (nSPS) is 12.0. The summed E-state index contributed by atoms with van der Waals surface area (Å²) in [5.41, 5.74) is 3.30. The number of methoxy groups -OCH3 is 1. The van der Waals surface area contributed by atoms with Gasteiger partial charge >= 0.3 is 5.97 Å². The summed E-state index contributed by atoms with van der Waals surface area (Å²) >= 11 is 0. The van der Waals surface area contributed by atoms with Crippen LogP contribution in [0.2, 0.25) is 0 Å². The molecule has 0 saturated carbocycles. The number of ether oxygens (including phenoxy) is 2. The Morgan fingerprint density at radius 2 is 1.65 bits per heavy atom. The van der Waals surface area contributed by atoms with Gasteiger partial charge in [-0.15, -0.1) is 0 Å². The number of nitrogens with one attached hydrogen (secondary N) is 1. The Morgan fingerprint density at radius 1 is 1.00 bits per heavy atom. The third-order valence-corrected chi connectivity index (χ3v) is 4.95. The van der Waals surface area contributed by atoms with Crippen molar-refractivity contribution in [1.29, 1.82) is 0 Å². The van der Waals surface area contributed by atoms with Crippen LogP contribution in [0.15, 0.2) is 54.8 Å². The minimum Gasteiger partial charge on any atom is -0.465 e. The molecule has 5 heteroatoms. The van der Waals surface area contributed by atoms with Gasteiger partial charge in [0.15, 0.2) is 0 Å². The fourth-order valence-corrected chi connectivity index (χ4v) is 3.76. The number of anilines is 1. The van der Waals surface area contributed by atoms with Crippen LogP contribution in [0.5, 0.6) is 5.75 Å². The van der Waals surface area contributed by atoms with Crippen LogP contribution in [0.3, 0.4) is 0 Å². The number of hydrogen-bond donors (Lipinski definition) is 1. The molecule has 0 aliphatic carbocycles. The SMILES string of the molecule is COC(=O)c1ccc(C)c(NC(=O)/C=C/Oc2ccc(C(C)(C)CC(C)(C)C)cc2)c1. The standard InChI is InChI=1S/C26H33NO4/c1-18-8-9-19(24(29)30-7)16-22(18)27-23(28)14-15-31-21-12-10-20(11-13-21)26(5,6)17-25(2,3)4/h8-16H,17H2,1-7H3,(H,27,28)/b15-14+. The zero-order valence-electron chi connectivity index (χ0n) is 19.5. The van der Waals surface area contributed by atoms with Crippen LogP contribution in [0.4, 0.5) is 5.69 Å². The summed E-state index contributed by atoms with van der Waals surface area (Å²) in [7, 11) is 1.32. The number of aryl methyl sites for hydroxylation is 1. The fraction of sp³-hybridized carbons (Fsp3) is 0.385.